The first-order valence-corrected chi connectivity index (χ1v) is 7.54. The molecule has 0 spiro atoms. The highest BCUT2D eigenvalue weighted by atomic mass is 35.5. The van der Waals surface area contributed by atoms with Crippen molar-refractivity contribution in [2.75, 3.05) is 20.7 Å². The first-order chi connectivity index (χ1) is 9.20. The molecule has 0 fully saturated rings. The van der Waals surface area contributed by atoms with Crippen molar-refractivity contribution in [2.24, 2.45) is 5.92 Å². The second-order valence-corrected chi connectivity index (χ2v) is 6.77. The Balaban J connectivity index is 3.07. The van der Waals surface area contributed by atoms with E-state index in [1.54, 1.807) is 0 Å². The van der Waals surface area contributed by atoms with Crippen LogP contribution < -0.4 is 4.74 Å². The number of nitrogens with zero attached hydrogens (tertiary/aromatic N) is 1. The lowest BCUT2D eigenvalue weighted by Crippen LogP contribution is -2.33. The maximum absolute atomic E-state index is 12.3. The number of sulfonamides is 1. The van der Waals surface area contributed by atoms with Crippen LogP contribution in [0.5, 0.6) is 5.75 Å². The standard InChI is InChI=1S/C12H16ClNO5S/c1-8(12(15)16)7-14(2)20(17,18)9-4-5-10(13)11(6-9)19-3/h4-6,8H,7H2,1-3H3,(H,15,16). The Labute approximate surface area is 123 Å². The Morgan fingerprint density at radius 1 is 1.50 bits per heavy atom. The van der Waals surface area contributed by atoms with Gasteiger partial charge < -0.3 is 9.84 Å². The molecule has 1 aromatic rings. The van der Waals surface area contributed by atoms with Crippen molar-refractivity contribution in [3.63, 3.8) is 0 Å². The molecule has 0 radical (unpaired) electrons. The van der Waals surface area contributed by atoms with Crippen molar-refractivity contribution in [3.8, 4) is 5.75 Å². The molecule has 0 aliphatic rings. The van der Waals surface area contributed by atoms with Crippen molar-refractivity contribution in [2.45, 2.75) is 11.8 Å². The van der Waals surface area contributed by atoms with Gasteiger partial charge in [-0.05, 0) is 12.1 Å². The van der Waals surface area contributed by atoms with Gasteiger partial charge in [0.1, 0.15) is 5.75 Å². The van der Waals surface area contributed by atoms with Crippen LogP contribution in [-0.4, -0.2) is 44.5 Å². The molecule has 1 aromatic carbocycles. The minimum atomic E-state index is -3.79. The summed E-state index contributed by atoms with van der Waals surface area (Å²) < 4.78 is 30.6. The zero-order chi connectivity index (χ0) is 15.5. The lowest BCUT2D eigenvalue weighted by Gasteiger charge is -2.19. The molecule has 1 atom stereocenters. The van der Waals surface area contributed by atoms with Gasteiger partial charge in [0.05, 0.1) is 22.9 Å². The SMILES string of the molecule is COc1cc(S(=O)(=O)N(C)CC(C)C(=O)O)ccc1Cl. The number of carbonyl (C=O) groups is 1. The molecule has 1 N–H and O–H groups in total. The third kappa shape index (κ3) is 3.62. The van der Waals surface area contributed by atoms with Crippen LogP contribution in [-0.2, 0) is 14.8 Å². The van der Waals surface area contributed by atoms with E-state index >= 15 is 0 Å². The Kier molecular flexibility index (Phi) is 5.38. The summed E-state index contributed by atoms with van der Waals surface area (Å²) in [4.78, 5) is 10.8. The minimum absolute atomic E-state index is 0.00108. The number of benzene rings is 1. The fraction of sp³-hybridized carbons (Fsp3) is 0.417. The Morgan fingerprint density at radius 2 is 2.10 bits per heavy atom. The average Bonchev–Trinajstić information content (AvgIpc) is 2.38. The van der Waals surface area contributed by atoms with Crippen molar-refractivity contribution in [1.29, 1.82) is 0 Å². The highest BCUT2D eigenvalue weighted by Gasteiger charge is 2.25. The van der Waals surface area contributed by atoms with E-state index in [1.807, 2.05) is 0 Å². The van der Waals surface area contributed by atoms with Gasteiger partial charge >= 0.3 is 5.97 Å². The summed E-state index contributed by atoms with van der Waals surface area (Å²) in [7, 11) is -1.07. The third-order valence-electron chi connectivity index (χ3n) is 2.78. The zero-order valence-corrected chi connectivity index (χ0v) is 12.9. The first kappa shape index (κ1) is 16.7. The Bertz CT molecular complexity index is 602. The number of methoxy groups -OCH3 is 1. The van der Waals surface area contributed by atoms with Gasteiger partial charge in [-0.25, -0.2) is 12.7 Å². The van der Waals surface area contributed by atoms with E-state index < -0.39 is 21.9 Å². The quantitative estimate of drug-likeness (QED) is 0.862. The van der Waals surface area contributed by atoms with E-state index in [9.17, 15) is 13.2 Å². The van der Waals surface area contributed by atoms with Gasteiger partial charge in [0, 0.05) is 19.7 Å². The van der Waals surface area contributed by atoms with Crippen LogP contribution >= 0.6 is 11.6 Å². The fourth-order valence-corrected chi connectivity index (χ4v) is 3.01. The van der Waals surface area contributed by atoms with Gasteiger partial charge in [0.2, 0.25) is 10.0 Å². The maximum atomic E-state index is 12.3. The van der Waals surface area contributed by atoms with E-state index in [-0.39, 0.29) is 17.2 Å². The molecule has 0 heterocycles. The van der Waals surface area contributed by atoms with E-state index in [4.69, 9.17) is 21.4 Å². The topological polar surface area (TPSA) is 83.9 Å². The Morgan fingerprint density at radius 3 is 2.60 bits per heavy atom. The van der Waals surface area contributed by atoms with E-state index in [0.717, 1.165) is 4.31 Å². The largest absolute Gasteiger partial charge is 0.495 e. The number of carboxylic acids is 1. The lowest BCUT2D eigenvalue weighted by molar-refractivity contribution is -0.141. The molecular weight excluding hydrogens is 306 g/mol. The van der Waals surface area contributed by atoms with Gasteiger partial charge in [0.25, 0.3) is 0 Å². The van der Waals surface area contributed by atoms with Crippen LogP contribution in [0.2, 0.25) is 5.02 Å². The number of aliphatic carboxylic acids is 1. The van der Waals surface area contributed by atoms with Crippen molar-refractivity contribution >= 4 is 27.6 Å². The Hall–Kier alpha value is -1.31. The zero-order valence-electron chi connectivity index (χ0n) is 11.3. The maximum Gasteiger partial charge on any atom is 0.307 e. The summed E-state index contributed by atoms with van der Waals surface area (Å²) in [5.41, 5.74) is 0. The fourth-order valence-electron chi connectivity index (χ4n) is 1.54. The summed E-state index contributed by atoms with van der Waals surface area (Å²) in [6.07, 6.45) is 0. The molecule has 0 amide bonds. The lowest BCUT2D eigenvalue weighted by atomic mass is 10.2. The number of hydrogen-bond donors (Lipinski definition) is 1. The molecule has 0 aliphatic heterocycles. The highest BCUT2D eigenvalue weighted by Crippen LogP contribution is 2.28. The number of hydrogen-bond acceptors (Lipinski definition) is 4. The van der Waals surface area contributed by atoms with Crippen LogP contribution in [0.25, 0.3) is 0 Å². The van der Waals surface area contributed by atoms with Gasteiger partial charge in [-0.15, -0.1) is 0 Å². The molecule has 20 heavy (non-hydrogen) atoms. The first-order valence-electron chi connectivity index (χ1n) is 5.72. The summed E-state index contributed by atoms with van der Waals surface area (Å²) >= 11 is 5.84. The van der Waals surface area contributed by atoms with Gasteiger partial charge in [-0.3, -0.25) is 4.79 Å². The number of ether oxygens (including phenoxy) is 1. The summed E-state index contributed by atoms with van der Waals surface area (Å²) in [6.45, 7) is 1.32. The molecule has 0 aliphatic carbocycles. The van der Waals surface area contributed by atoms with Crippen LogP contribution in [0, 0.1) is 5.92 Å². The second-order valence-electron chi connectivity index (χ2n) is 4.32. The third-order valence-corrected chi connectivity index (χ3v) is 4.91. The molecule has 1 unspecified atom stereocenters. The van der Waals surface area contributed by atoms with E-state index in [1.165, 1.54) is 39.3 Å². The molecule has 0 saturated heterocycles. The normalized spacial score (nSPS) is 13.2. The molecule has 8 heteroatoms. The number of rotatable bonds is 6. The monoisotopic (exact) mass is 321 g/mol. The smallest absolute Gasteiger partial charge is 0.307 e. The van der Waals surface area contributed by atoms with Crippen molar-refractivity contribution in [3.05, 3.63) is 23.2 Å². The van der Waals surface area contributed by atoms with Gasteiger partial charge in [-0.1, -0.05) is 18.5 Å². The minimum Gasteiger partial charge on any atom is -0.495 e. The number of halogens is 1. The van der Waals surface area contributed by atoms with Crippen molar-refractivity contribution < 1.29 is 23.1 Å². The van der Waals surface area contributed by atoms with Crippen LogP contribution in [0.1, 0.15) is 6.92 Å². The van der Waals surface area contributed by atoms with Crippen LogP contribution in [0.4, 0.5) is 0 Å². The molecule has 0 aromatic heterocycles. The molecule has 6 nitrogen and oxygen atoms in total. The average molecular weight is 322 g/mol. The molecule has 0 saturated carbocycles. The molecular formula is C12H16ClNO5S. The molecule has 0 bridgehead atoms. The van der Waals surface area contributed by atoms with E-state index in [2.05, 4.69) is 0 Å². The summed E-state index contributed by atoms with van der Waals surface area (Å²) in [5, 5.41) is 9.13. The molecule has 112 valence electrons. The molecule has 1 rings (SSSR count). The van der Waals surface area contributed by atoms with Crippen LogP contribution in [0.3, 0.4) is 0 Å². The summed E-state index contributed by atoms with van der Waals surface area (Å²) in [5.74, 6) is -1.61. The summed E-state index contributed by atoms with van der Waals surface area (Å²) in [6, 6.07) is 4.07. The highest BCUT2D eigenvalue weighted by molar-refractivity contribution is 7.89. The second kappa shape index (κ2) is 6.43. The van der Waals surface area contributed by atoms with Crippen LogP contribution in [0.15, 0.2) is 23.1 Å². The predicted octanol–water partition coefficient (Wildman–Crippen LogP) is 1.69. The van der Waals surface area contributed by atoms with Crippen molar-refractivity contribution in [1.82, 2.24) is 4.31 Å². The van der Waals surface area contributed by atoms with Gasteiger partial charge in [-0.2, -0.15) is 0 Å². The van der Waals surface area contributed by atoms with E-state index in [0.29, 0.717) is 5.02 Å². The van der Waals surface area contributed by atoms with Gasteiger partial charge in [0.15, 0.2) is 0 Å². The number of carboxylic acid groups (broad SMARTS) is 1. The predicted molar refractivity (Wildman–Crippen MR) is 74.6 cm³/mol.